The summed E-state index contributed by atoms with van der Waals surface area (Å²) in [5, 5.41) is 0. The lowest BCUT2D eigenvalue weighted by Gasteiger charge is -2.38. The van der Waals surface area contributed by atoms with Gasteiger partial charge in [-0.3, -0.25) is 19.4 Å². The summed E-state index contributed by atoms with van der Waals surface area (Å²) in [6.45, 7) is 13.4. The van der Waals surface area contributed by atoms with Gasteiger partial charge in [0.05, 0.1) is 26.3 Å². The highest BCUT2D eigenvalue weighted by atomic mass is 16.5. The minimum Gasteiger partial charge on any atom is -0.378 e. The summed E-state index contributed by atoms with van der Waals surface area (Å²) in [6, 6.07) is 0. The Morgan fingerprint density at radius 3 is 1.73 bits per heavy atom. The number of morpholine rings is 1. The second-order valence-corrected chi connectivity index (χ2v) is 8.29. The van der Waals surface area contributed by atoms with E-state index < -0.39 is 0 Å². The maximum atomic E-state index is 12.6. The van der Waals surface area contributed by atoms with E-state index >= 15 is 0 Å². The van der Waals surface area contributed by atoms with E-state index in [2.05, 4.69) is 23.6 Å². The van der Waals surface area contributed by atoms with E-state index in [1.807, 2.05) is 9.80 Å². The third-order valence-electron chi connectivity index (χ3n) is 5.77. The summed E-state index contributed by atoms with van der Waals surface area (Å²) in [6.07, 6.45) is 1.22. The number of piperidine rings is 1. The molecule has 0 radical (unpaired) electrons. The van der Waals surface area contributed by atoms with Crippen molar-refractivity contribution in [1.82, 2.24) is 19.6 Å². The molecule has 0 aromatic carbocycles. The molecule has 3 aliphatic rings. The molecule has 3 fully saturated rings. The van der Waals surface area contributed by atoms with Crippen molar-refractivity contribution in [3.63, 3.8) is 0 Å². The molecule has 3 rings (SSSR count). The molecule has 3 saturated heterocycles. The molecule has 0 saturated carbocycles. The second-order valence-electron chi connectivity index (χ2n) is 8.29. The molecule has 148 valence electrons. The molecule has 7 nitrogen and oxygen atoms in total. The van der Waals surface area contributed by atoms with Crippen molar-refractivity contribution in [3.05, 3.63) is 0 Å². The smallest absolute Gasteiger partial charge is 0.236 e. The molecule has 2 amide bonds. The monoisotopic (exact) mass is 366 g/mol. The Hall–Kier alpha value is -1.18. The van der Waals surface area contributed by atoms with Crippen molar-refractivity contribution >= 4 is 11.8 Å². The summed E-state index contributed by atoms with van der Waals surface area (Å²) in [5.74, 6) is 1.67. The van der Waals surface area contributed by atoms with E-state index in [0.717, 1.165) is 39.3 Å². The van der Waals surface area contributed by atoms with Gasteiger partial charge in [-0.25, -0.2) is 0 Å². The van der Waals surface area contributed by atoms with E-state index in [4.69, 9.17) is 4.74 Å². The van der Waals surface area contributed by atoms with Crippen LogP contribution in [-0.2, 0) is 14.3 Å². The molecule has 0 N–H and O–H groups in total. The first kappa shape index (κ1) is 19.6. The Bertz CT molecular complexity index is 477. The fourth-order valence-corrected chi connectivity index (χ4v) is 4.37. The van der Waals surface area contributed by atoms with Crippen molar-refractivity contribution in [2.45, 2.75) is 20.3 Å². The topological polar surface area (TPSA) is 56.3 Å². The molecule has 7 heteroatoms. The van der Waals surface area contributed by atoms with Gasteiger partial charge in [-0.05, 0) is 18.3 Å². The lowest BCUT2D eigenvalue weighted by molar-refractivity contribution is -0.138. The maximum Gasteiger partial charge on any atom is 0.236 e. The van der Waals surface area contributed by atoms with E-state index in [9.17, 15) is 9.59 Å². The third-order valence-corrected chi connectivity index (χ3v) is 5.77. The van der Waals surface area contributed by atoms with Crippen LogP contribution in [0.15, 0.2) is 0 Å². The number of rotatable bonds is 4. The average Bonchev–Trinajstić information content (AvgIpc) is 2.63. The normalized spacial score (nSPS) is 29.0. The predicted octanol–water partition coefficient (Wildman–Crippen LogP) is -0.0327. The lowest BCUT2D eigenvalue weighted by Crippen LogP contribution is -2.54. The van der Waals surface area contributed by atoms with Crippen LogP contribution in [0.5, 0.6) is 0 Å². The number of carbonyl (C=O) groups is 2. The average molecular weight is 367 g/mol. The molecule has 0 aliphatic carbocycles. The number of carbonyl (C=O) groups excluding carboxylic acids is 2. The molecule has 26 heavy (non-hydrogen) atoms. The van der Waals surface area contributed by atoms with Crippen LogP contribution in [0, 0.1) is 11.8 Å². The Balaban J connectivity index is 1.38. The molecular weight excluding hydrogens is 332 g/mol. The van der Waals surface area contributed by atoms with Crippen molar-refractivity contribution in [2.75, 3.05) is 78.7 Å². The summed E-state index contributed by atoms with van der Waals surface area (Å²) in [5.41, 5.74) is 0. The molecule has 2 atom stereocenters. The first-order valence-electron chi connectivity index (χ1n) is 10.1. The molecule has 0 aromatic rings. The molecular formula is C19H34N4O3. The number of ether oxygens (including phenoxy) is 1. The number of piperazine rings is 1. The Kier molecular flexibility index (Phi) is 6.89. The predicted molar refractivity (Wildman–Crippen MR) is 99.8 cm³/mol. The van der Waals surface area contributed by atoms with E-state index in [1.165, 1.54) is 6.42 Å². The SMILES string of the molecule is CC1CC(C)CN(C(=O)CN2CCN(CC(=O)N3CCOCC3)CC2)C1. The van der Waals surface area contributed by atoms with Crippen LogP contribution >= 0.6 is 0 Å². The molecule has 2 unspecified atom stereocenters. The summed E-state index contributed by atoms with van der Waals surface area (Å²) in [4.78, 5) is 33.4. The molecule has 3 heterocycles. The minimum absolute atomic E-state index is 0.203. The van der Waals surface area contributed by atoms with Gasteiger partial charge in [-0.15, -0.1) is 0 Å². The number of nitrogens with zero attached hydrogens (tertiary/aromatic N) is 4. The fourth-order valence-electron chi connectivity index (χ4n) is 4.37. The van der Waals surface area contributed by atoms with Gasteiger partial charge in [-0.1, -0.05) is 13.8 Å². The zero-order valence-electron chi connectivity index (χ0n) is 16.4. The summed E-state index contributed by atoms with van der Waals surface area (Å²) in [7, 11) is 0. The number of hydrogen-bond acceptors (Lipinski definition) is 5. The number of hydrogen-bond donors (Lipinski definition) is 0. The van der Waals surface area contributed by atoms with E-state index in [0.29, 0.717) is 51.2 Å². The van der Waals surface area contributed by atoms with Crippen LogP contribution in [-0.4, -0.2) is 110 Å². The van der Waals surface area contributed by atoms with Gasteiger partial charge in [0.25, 0.3) is 0 Å². The quantitative estimate of drug-likeness (QED) is 0.699. The molecule has 0 spiro atoms. The first-order chi connectivity index (χ1) is 12.5. The van der Waals surface area contributed by atoms with Crippen LogP contribution in [0.2, 0.25) is 0 Å². The number of likely N-dealkylation sites (tertiary alicyclic amines) is 1. The van der Waals surface area contributed by atoms with Crippen molar-refractivity contribution < 1.29 is 14.3 Å². The van der Waals surface area contributed by atoms with Crippen LogP contribution in [0.4, 0.5) is 0 Å². The minimum atomic E-state index is 0.203. The van der Waals surface area contributed by atoms with Gasteiger partial charge in [0, 0.05) is 52.4 Å². The maximum absolute atomic E-state index is 12.6. The van der Waals surface area contributed by atoms with Crippen LogP contribution < -0.4 is 0 Å². The van der Waals surface area contributed by atoms with Gasteiger partial charge < -0.3 is 14.5 Å². The van der Waals surface area contributed by atoms with Gasteiger partial charge in [0.1, 0.15) is 0 Å². The largest absolute Gasteiger partial charge is 0.378 e. The molecule has 3 aliphatic heterocycles. The van der Waals surface area contributed by atoms with Crippen LogP contribution in [0.3, 0.4) is 0 Å². The standard InChI is InChI=1S/C19H34N4O3/c1-16-11-17(2)13-23(12-16)19(25)15-21-5-3-20(4-6-21)14-18(24)22-7-9-26-10-8-22/h16-17H,3-15H2,1-2H3. The highest BCUT2D eigenvalue weighted by Gasteiger charge is 2.28. The second kappa shape index (κ2) is 9.15. The molecule has 0 bridgehead atoms. The first-order valence-corrected chi connectivity index (χ1v) is 10.1. The van der Waals surface area contributed by atoms with Crippen molar-refractivity contribution in [1.29, 1.82) is 0 Å². The zero-order valence-corrected chi connectivity index (χ0v) is 16.4. The highest BCUT2D eigenvalue weighted by molar-refractivity contribution is 5.79. The number of amides is 2. The van der Waals surface area contributed by atoms with Crippen molar-refractivity contribution in [3.8, 4) is 0 Å². The van der Waals surface area contributed by atoms with Crippen molar-refractivity contribution in [2.24, 2.45) is 11.8 Å². The lowest BCUT2D eigenvalue weighted by atomic mass is 9.92. The summed E-state index contributed by atoms with van der Waals surface area (Å²) >= 11 is 0. The Morgan fingerprint density at radius 2 is 1.23 bits per heavy atom. The molecule has 0 aromatic heterocycles. The zero-order chi connectivity index (χ0) is 18.5. The van der Waals surface area contributed by atoms with Crippen LogP contribution in [0.25, 0.3) is 0 Å². The van der Waals surface area contributed by atoms with Gasteiger partial charge >= 0.3 is 0 Å². The fraction of sp³-hybridized carbons (Fsp3) is 0.895. The Labute approximate surface area is 157 Å². The Morgan fingerprint density at radius 1 is 0.769 bits per heavy atom. The van der Waals surface area contributed by atoms with Crippen LogP contribution in [0.1, 0.15) is 20.3 Å². The summed E-state index contributed by atoms with van der Waals surface area (Å²) < 4.78 is 5.30. The van der Waals surface area contributed by atoms with E-state index in [1.54, 1.807) is 0 Å². The van der Waals surface area contributed by atoms with Gasteiger partial charge in [0.2, 0.25) is 11.8 Å². The van der Waals surface area contributed by atoms with E-state index in [-0.39, 0.29) is 11.8 Å². The third kappa shape index (κ3) is 5.41. The highest BCUT2D eigenvalue weighted by Crippen LogP contribution is 2.21. The van der Waals surface area contributed by atoms with Gasteiger partial charge in [-0.2, -0.15) is 0 Å². The van der Waals surface area contributed by atoms with Gasteiger partial charge in [0.15, 0.2) is 0 Å².